The number of hydrogen-bond donors (Lipinski definition) is 2. The molecule has 1 aromatic carbocycles. The maximum absolute atomic E-state index is 12.0. The number of nitrogens with one attached hydrogen (secondary N) is 1. The van der Waals surface area contributed by atoms with Crippen molar-refractivity contribution in [2.75, 3.05) is 12.4 Å². The van der Waals surface area contributed by atoms with Crippen molar-refractivity contribution in [3.63, 3.8) is 0 Å². The van der Waals surface area contributed by atoms with Gasteiger partial charge < -0.3 is 10.4 Å². The molecule has 96 valence electrons. The Kier molecular flexibility index (Phi) is 4.66. The Labute approximate surface area is 107 Å². The van der Waals surface area contributed by atoms with Gasteiger partial charge in [-0.15, -0.1) is 0 Å². The fourth-order valence-electron chi connectivity index (χ4n) is 1.53. The number of aliphatic hydroxyl groups excluding tert-OH is 1. The summed E-state index contributed by atoms with van der Waals surface area (Å²) in [6.07, 6.45) is 0. The van der Waals surface area contributed by atoms with Crippen LogP contribution < -0.4 is 5.32 Å². The van der Waals surface area contributed by atoms with Crippen molar-refractivity contribution < 1.29 is 9.90 Å². The molecule has 0 heterocycles. The molecule has 0 aliphatic rings. The molecule has 0 radical (unpaired) electrons. The Morgan fingerprint density at radius 2 is 1.78 bits per heavy atom. The van der Waals surface area contributed by atoms with Gasteiger partial charge in [0.2, 0.25) is 0 Å². The minimum absolute atomic E-state index is 0.0392. The van der Waals surface area contributed by atoms with Crippen LogP contribution in [0.5, 0.6) is 0 Å². The summed E-state index contributed by atoms with van der Waals surface area (Å²) < 4.78 is 0. The Morgan fingerprint density at radius 1 is 1.22 bits per heavy atom. The minimum Gasteiger partial charge on any atom is -0.512 e. The molecule has 1 amide bonds. The molecule has 0 fully saturated rings. The molecule has 0 aliphatic heterocycles. The van der Waals surface area contributed by atoms with E-state index >= 15 is 0 Å². The van der Waals surface area contributed by atoms with Crippen LogP contribution in [0.2, 0.25) is 0 Å². The van der Waals surface area contributed by atoms with Gasteiger partial charge >= 0.3 is 0 Å². The molecule has 1 aromatic rings. The van der Waals surface area contributed by atoms with E-state index in [1.165, 1.54) is 6.92 Å². The summed E-state index contributed by atoms with van der Waals surface area (Å²) in [5, 5.41) is 12.3. The van der Waals surface area contributed by atoms with E-state index in [0.29, 0.717) is 11.4 Å². The third kappa shape index (κ3) is 3.45. The lowest BCUT2D eigenvalue weighted by molar-refractivity contribution is -0.112. The molecule has 0 aromatic heterocycles. The van der Waals surface area contributed by atoms with Crippen LogP contribution in [-0.4, -0.2) is 23.8 Å². The van der Waals surface area contributed by atoms with Crippen molar-refractivity contribution in [2.45, 2.75) is 20.8 Å². The highest BCUT2D eigenvalue weighted by Gasteiger charge is 2.15. The molecule has 0 saturated carbocycles. The largest absolute Gasteiger partial charge is 0.512 e. The van der Waals surface area contributed by atoms with Gasteiger partial charge in [0.25, 0.3) is 5.91 Å². The zero-order valence-corrected chi connectivity index (χ0v) is 11.1. The summed E-state index contributed by atoms with van der Waals surface area (Å²) >= 11 is 0. The first-order valence-electron chi connectivity index (χ1n) is 5.67. The van der Waals surface area contributed by atoms with Crippen LogP contribution in [0.3, 0.4) is 0 Å². The number of amides is 1. The number of aliphatic hydroxyl groups is 1. The van der Waals surface area contributed by atoms with Gasteiger partial charge in [-0.25, -0.2) is 0 Å². The monoisotopic (exact) mass is 246 g/mol. The van der Waals surface area contributed by atoms with Gasteiger partial charge in [0, 0.05) is 18.4 Å². The second kappa shape index (κ2) is 6.00. The second-order valence-corrected chi connectivity index (χ2v) is 4.09. The maximum atomic E-state index is 12.0. The number of aryl methyl sites for hydroxylation is 1. The smallest absolute Gasteiger partial charge is 0.260 e. The summed E-state index contributed by atoms with van der Waals surface area (Å²) in [6.45, 7) is 5.13. The van der Waals surface area contributed by atoms with Crippen LogP contribution in [0, 0.1) is 6.92 Å². The number of carbonyl (C=O) groups excluding carboxylic acids is 1. The number of aliphatic imine (C=N–C) groups is 1. The lowest BCUT2D eigenvalue weighted by Crippen LogP contribution is -2.20. The van der Waals surface area contributed by atoms with E-state index in [4.69, 9.17) is 0 Å². The van der Waals surface area contributed by atoms with Crippen molar-refractivity contribution in [3.05, 3.63) is 41.2 Å². The molecule has 0 bridgehead atoms. The number of allylic oxidation sites excluding steroid dienone is 1. The zero-order chi connectivity index (χ0) is 13.7. The van der Waals surface area contributed by atoms with Gasteiger partial charge in [-0.1, -0.05) is 17.7 Å². The van der Waals surface area contributed by atoms with E-state index < -0.39 is 0 Å². The van der Waals surface area contributed by atoms with Crippen molar-refractivity contribution >= 4 is 17.3 Å². The third-order valence-corrected chi connectivity index (χ3v) is 2.60. The molecule has 0 spiro atoms. The quantitative estimate of drug-likeness (QED) is 0.489. The standard InChI is InChI=1S/C14H18N2O2/c1-9-5-7-12(8-6-9)16-14(18)13(11(3)17)10(2)15-4/h5-8,17H,1-4H3,(H,16,18)/b13-11-,15-10?. The molecule has 18 heavy (non-hydrogen) atoms. The van der Waals surface area contributed by atoms with E-state index in [0.717, 1.165) is 5.56 Å². The molecular formula is C14H18N2O2. The summed E-state index contributed by atoms with van der Waals surface area (Å²) in [7, 11) is 1.58. The molecule has 4 heteroatoms. The minimum atomic E-state index is -0.359. The van der Waals surface area contributed by atoms with E-state index in [1.807, 2.05) is 31.2 Å². The van der Waals surface area contributed by atoms with Gasteiger partial charge in [-0.3, -0.25) is 9.79 Å². The number of carbonyl (C=O) groups is 1. The molecule has 0 atom stereocenters. The van der Waals surface area contributed by atoms with Crippen LogP contribution in [0.15, 0.2) is 40.6 Å². The molecule has 1 rings (SSSR count). The summed E-state index contributed by atoms with van der Waals surface area (Å²) in [5.41, 5.74) is 2.51. The Bertz CT molecular complexity index is 495. The first-order chi connectivity index (χ1) is 8.45. The predicted molar refractivity (Wildman–Crippen MR) is 74.2 cm³/mol. The summed E-state index contributed by atoms with van der Waals surface area (Å²) in [4.78, 5) is 16.0. The average molecular weight is 246 g/mol. The molecule has 0 unspecified atom stereocenters. The molecule has 0 aliphatic carbocycles. The number of benzene rings is 1. The van der Waals surface area contributed by atoms with Gasteiger partial charge in [-0.2, -0.15) is 0 Å². The van der Waals surface area contributed by atoms with Crippen LogP contribution in [0.1, 0.15) is 19.4 Å². The predicted octanol–water partition coefficient (Wildman–Crippen LogP) is 2.86. The Hall–Kier alpha value is -2.10. The van der Waals surface area contributed by atoms with Gasteiger partial charge in [0.05, 0.1) is 5.57 Å². The van der Waals surface area contributed by atoms with Gasteiger partial charge in [0.15, 0.2) is 0 Å². The maximum Gasteiger partial charge on any atom is 0.260 e. The average Bonchev–Trinajstić information content (AvgIpc) is 2.31. The highest BCUT2D eigenvalue weighted by molar-refractivity contribution is 6.24. The van der Waals surface area contributed by atoms with E-state index in [9.17, 15) is 9.90 Å². The molecule has 2 N–H and O–H groups in total. The van der Waals surface area contributed by atoms with Crippen molar-refractivity contribution in [3.8, 4) is 0 Å². The molecule has 4 nitrogen and oxygen atoms in total. The lowest BCUT2D eigenvalue weighted by atomic mass is 10.1. The fourth-order valence-corrected chi connectivity index (χ4v) is 1.53. The SMILES string of the molecule is CN=C(C)/C(C(=O)Nc1ccc(C)cc1)=C(\C)O. The van der Waals surface area contributed by atoms with E-state index in [1.54, 1.807) is 14.0 Å². The van der Waals surface area contributed by atoms with E-state index in [-0.39, 0.29) is 17.2 Å². The third-order valence-electron chi connectivity index (χ3n) is 2.60. The van der Waals surface area contributed by atoms with Crippen molar-refractivity contribution in [1.82, 2.24) is 0 Å². The van der Waals surface area contributed by atoms with Crippen molar-refractivity contribution in [1.29, 1.82) is 0 Å². The number of nitrogens with zero attached hydrogens (tertiary/aromatic N) is 1. The Balaban J connectivity index is 2.94. The fraction of sp³-hybridized carbons (Fsp3) is 0.286. The highest BCUT2D eigenvalue weighted by Crippen LogP contribution is 2.12. The van der Waals surface area contributed by atoms with Gasteiger partial charge in [0.1, 0.15) is 5.76 Å². The lowest BCUT2D eigenvalue weighted by Gasteiger charge is -2.09. The first-order valence-corrected chi connectivity index (χ1v) is 5.67. The van der Waals surface area contributed by atoms with Gasteiger partial charge in [-0.05, 0) is 32.9 Å². The first kappa shape index (κ1) is 14.0. The Morgan fingerprint density at radius 3 is 2.22 bits per heavy atom. The van der Waals surface area contributed by atoms with Crippen LogP contribution >= 0.6 is 0 Å². The summed E-state index contributed by atoms with van der Waals surface area (Å²) in [5.74, 6) is -0.398. The summed E-state index contributed by atoms with van der Waals surface area (Å²) in [6, 6.07) is 7.45. The zero-order valence-electron chi connectivity index (χ0n) is 11.1. The van der Waals surface area contributed by atoms with E-state index in [2.05, 4.69) is 10.3 Å². The second-order valence-electron chi connectivity index (χ2n) is 4.09. The highest BCUT2D eigenvalue weighted by atomic mass is 16.3. The molecule has 0 saturated heterocycles. The topological polar surface area (TPSA) is 61.7 Å². The van der Waals surface area contributed by atoms with Crippen LogP contribution in [0.4, 0.5) is 5.69 Å². The van der Waals surface area contributed by atoms with Crippen molar-refractivity contribution in [2.24, 2.45) is 4.99 Å². The number of rotatable bonds is 3. The molecular weight excluding hydrogens is 228 g/mol. The van der Waals surface area contributed by atoms with Crippen LogP contribution in [0.25, 0.3) is 0 Å². The number of anilines is 1. The van der Waals surface area contributed by atoms with Crippen LogP contribution in [-0.2, 0) is 4.79 Å². The normalized spacial score (nSPS) is 13.0. The number of hydrogen-bond acceptors (Lipinski definition) is 3.